The minimum Gasteiger partial charge on any atom is -0.383 e. The topological polar surface area (TPSA) is 67.4 Å². The molecule has 0 saturated heterocycles. The highest BCUT2D eigenvalue weighted by Crippen LogP contribution is 2.27. The van der Waals surface area contributed by atoms with E-state index in [9.17, 15) is 8.42 Å². The lowest BCUT2D eigenvalue weighted by atomic mass is 10.1. The second-order valence-electron chi connectivity index (χ2n) is 4.46. The highest BCUT2D eigenvalue weighted by atomic mass is 32.2. The molecule has 0 aliphatic carbocycles. The summed E-state index contributed by atoms with van der Waals surface area (Å²) in [5.74, 6) is 0. The van der Waals surface area contributed by atoms with E-state index in [-0.39, 0.29) is 6.54 Å². The van der Waals surface area contributed by atoms with Crippen molar-refractivity contribution in [3.8, 4) is 0 Å². The molecule has 2 rings (SSSR count). The molecule has 0 aromatic heterocycles. The molecule has 0 spiro atoms. The highest BCUT2D eigenvalue weighted by Gasteiger charge is 2.20. The average Bonchev–Trinajstić information content (AvgIpc) is 2.68. The van der Waals surface area contributed by atoms with E-state index in [0.29, 0.717) is 17.5 Å². The fourth-order valence-electron chi connectivity index (χ4n) is 2.05. The van der Waals surface area contributed by atoms with Crippen LogP contribution in [0, 0.1) is 0 Å². The molecule has 18 heavy (non-hydrogen) atoms. The van der Waals surface area contributed by atoms with Crippen molar-refractivity contribution in [1.82, 2.24) is 4.72 Å². The average molecular weight is 270 g/mol. The summed E-state index contributed by atoms with van der Waals surface area (Å²) in [4.78, 5) is 0.313. The van der Waals surface area contributed by atoms with Crippen LogP contribution in [0.3, 0.4) is 0 Å². The Morgan fingerprint density at radius 2 is 2.28 bits per heavy atom. The fourth-order valence-corrected chi connectivity index (χ4v) is 3.12. The predicted octanol–water partition coefficient (Wildman–Crippen LogP) is 0.968. The van der Waals surface area contributed by atoms with Gasteiger partial charge in [-0.05, 0) is 37.1 Å². The standard InChI is InChI=1S/C12H18N2O3S/c1-9-7-10-8-11(3-4-12(10)14-9)18(15,16)13-5-6-17-2/h3-4,8-9,13-14H,5-7H2,1-2H3/t9-/m0/s1. The van der Waals surface area contributed by atoms with Crippen molar-refractivity contribution in [2.75, 3.05) is 25.6 Å². The van der Waals surface area contributed by atoms with Crippen LogP contribution in [-0.2, 0) is 21.2 Å². The summed E-state index contributed by atoms with van der Waals surface area (Å²) in [7, 11) is -1.89. The molecule has 1 aliphatic heterocycles. The number of hydrogen-bond acceptors (Lipinski definition) is 4. The number of sulfonamides is 1. The molecular weight excluding hydrogens is 252 g/mol. The Kier molecular flexibility index (Phi) is 3.89. The minimum absolute atomic E-state index is 0.282. The number of rotatable bonds is 5. The van der Waals surface area contributed by atoms with Crippen LogP contribution in [0.2, 0.25) is 0 Å². The monoisotopic (exact) mass is 270 g/mol. The third kappa shape index (κ3) is 2.82. The number of benzene rings is 1. The van der Waals surface area contributed by atoms with E-state index in [2.05, 4.69) is 17.0 Å². The molecule has 2 N–H and O–H groups in total. The molecule has 1 aliphatic rings. The SMILES string of the molecule is COCCNS(=O)(=O)c1ccc2c(c1)C[C@H](C)N2. The quantitative estimate of drug-likeness (QED) is 0.782. The summed E-state index contributed by atoms with van der Waals surface area (Å²) < 4.78 is 31.3. The van der Waals surface area contributed by atoms with E-state index >= 15 is 0 Å². The number of anilines is 1. The van der Waals surface area contributed by atoms with Crippen LogP contribution in [0.25, 0.3) is 0 Å². The van der Waals surface area contributed by atoms with Gasteiger partial charge < -0.3 is 10.1 Å². The van der Waals surface area contributed by atoms with E-state index in [0.717, 1.165) is 17.7 Å². The van der Waals surface area contributed by atoms with Gasteiger partial charge in [0.15, 0.2) is 0 Å². The normalized spacial score (nSPS) is 18.4. The van der Waals surface area contributed by atoms with Gasteiger partial charge in [0.05, 0.1) is 11.5 Å². The molecule has 0 amide bonds. The Bertz CT molecular complexity index is 528. The van der Waals surface area contributed by atoms with Gasteiger partial charge in [-0.2, -0.15) is 0 Å². The lowest BCUT2D eigenvalue weighted by Crippen LogP contribution is -2.27. The van der Waals surface area contributed by atoms with Crippen molar-refractivity contribution < 1.29 is 13.2 Å². The molecule has 0 unspecified atom stereocenters. The smallest absolute Gasteiger partial charge is 0.240 e. The molecule has 0 saturated carbocycles. The number of methoxy groups -OCH3 is 1. The van der Waals surface area contributed by atoms with Gasteiger partial charge in [0.25, 0.3) is 0 Å². The van der Waals surface area contributed by atoms with Crippen molar-refractivity contribution in [1.29, 1.82) is 0 Å². The molecule has 1 aromatic rings. The third-order valence-corrected chi connectivity index (χ3v) is 4.37. The molecule has 1 atom stereocenters. The molecule has 1 heterocycles. The van der Waals surface area contributed by atoms with Crippen molar-refractivity contribution in [3.63, 3.8) is 0 Å². The van der Waals surface area contributed by atoms with Gasteiger partial charge in [0.1, 0.15) is 0 Å². The maximum atomic E-state index is 12.0. The van der Waals surface area contributed by atoms with Gasteiger partial charge >= 0.3 is 0 Å². The van der Waals surface area contributed by atoms with Gasteiger partial charge in [0, 0.05) is 25.4 Å². The largest absolute Gasteiger partial charge is 0.383 e. The van der Waals surface area contributed by atoms with Gasteiger partial charge in [-0.15, -0.1) is 0 Å². The van der Waals surface area contributed by atoms with Crippen LogP contribution in [0.5, 0.6) is 0 Å². The summed E-state index contributed by atoms with van der Waals surface area (Å²) in [5, 5.41) is 3.29. The van der Waals surface area contributed by atoms with Crippen LogP contribution < -0.4 is 10.0 Å². The molecule has 6 heteroatoms. The Hall–Kier alpha value is -1.11. The minimum atomic E-state index is -3.43. The van der Waals surface area contributed by atoms with E-state index in [4.69, 9.17) is 4.74 Å². The van der Waals surface area contributed by atoms with Crippen molar-refractivity contribution in [2.45, 2.75) is 24.3 Å². The van der Waals surface area contributed by atoms with Crippen molar-refractivity contribution >= 4 is 15.7 Å². The first kappa shape index (κ1) is 13.3. The highest BCUT2D eigenvalue weighted by molar-refractivity contribution is 7.89. The molecule has 0 bridgehead atoms. The fraction of sp³-hybridized carbons (Fsp3) is 0.500. The third-order valence-electron chi connectivity index (χ3n) is 2.91. The first-order valence-electron chi connectivity index (χ1n) is 5.91. The van der Waals surface area contributed by atoms with Crippen LogP contribution in [0.1, 0.15) is 12.5 Å². The molecule has 100 valence electrons. The lowest BCUT2D eigenvalue weighted by molar-refractivity contribution is 0.204. The molecule has 0 radical (unpaired) electrons. The van der Waals surface area contributed by atoms with E-state index < -0.39 is 10.0 Å². The Labute approximate surface area is 108 Å². The lowest BCUT2D eigenvalue weighted by Gasteiger charge is -2.07. The Balaban J connectivity index is 2.17. The second-order valence-corrected chi connectivity index (χ2v) is 6.23. The predicted molar refractivity (Wildman–Crippen MR) is 70.3 cm³/mol. The summed E-state index contributed by atoms with van der Waals surface area (Å²) >= 11 is 0. The first-order valence-corrected chi connectivity index (χ1v) is 7.39. The second kappa shape index (κ2) is 5.26. The molecule has 0 fully saturated rings. The van der Waals surface area contributed by atoms with Gasteiger partial charge in [0.2, 0.25) is 10.0 Å². The van der Waals surface area contributed by atoms with E-state index in [1.807, 2.05) is 6.07 Å². The number of nitrogens with one attached hydrogen (secondary N) is 2. The zero-order valence-corrected chi connectivity index (χ0v) is 11.4. The first-order chi connectivity index (χ1) is 8.53. The Morgan fingerprint density at radius 3 is 3.00 bits per heavy atom. The van der Waals surface area contributed by atoms with Gasteiger partial charge in [-0.25, -0.2) is 13.1 Å². The van der Waals surface area contributed by atoms with Gasteiger partial charge in [-0.1, -0.05) is 0 Å². The number of fused-ring (bicyclic) bond motifs is 1. The van der Waals surface area contributed by atoms with Crippen LogP contribution in [0.15, 0.2) is 23.1 Å². The van der Waals surface area contributed by atoms with Crippen molar-refractivity contribution in [2.24, 2.45) is 0 Å². The zero-order chi connectivity index (χ0) is 13.2. The number of ether oxygens (including phenoxy) is 1. The van der Waals surface area contributed by atoms with Crippen molar-refractivity contribution in [3.05, 3.63) is 23.8 Å². The van der Waals surface area contributed by atoms with Gasteiger partial charge in [-0.3, -0.25) is 0 Å². The maximum Gasteiger partial charge on any atom is 0.240 e. The van der Waals surface area contributed by atoms with E-state index in [1.165, 1.54) is 7.11 Å². The summed E-state index contributed by atoms with van der Waals surface area (Å²) in [5.41, 5.74) is 2.08. The zero-order valence-electron chi connectivity index (χ0n) is 10.6. The summed E-state index contributed by atoms with van der Waals surface area (Å²) in [6.45, 7) is 2.72. The summed E-state index contributed by atoms with van der Waals surface area (Å²) in [6, 6.07) is 5.54. The van der Waals surface area contributed by atoms with E-state index in [1.54, 1.807) is 12.1 Å². The molecule has 1 aromatic carbocycles. The Morgan fingerprint density at radius 1 is 1.50 bits per heavy atom. The molecule has 5 nitrogen and oxygen atoms in total. The van der Waals surface area contributed by atoms with Crippen LogP contribution >= 0.6 is 0 Å². The number of hydrogen-bond donors (Lipinski definition) is 2. The molecular formula is C12H18N2O3S. The maximum absolute atomic E-state index is 12.0. The van der Waals surface area contributed by atoms with Crippen LogP contribution in [0.4, 0.5) is 5.69 Å². The van der Waals surface area contributed by atoms with Crippen LogP contribution in [-0.4, -0.2) is 34.7 Å². The summed E-state index contributed by atoms with van der Waals surface area (Å²) in [6.07, 6.45) is 0.858.